The number of anilines is 1. The minimum atomic E-state index is -0.0320. The quantitative estimate of drug-likeness (QED) is 0.869. The van der Waals surface area contributed by atoms with Crippen LogP contribution in [-0.4, -0.2) is 38.3 Å². The second-order valence-corrected chi connectivity index (χ2v) is 5.27. The summed E-state index contributed by atoms with van der Waals surface area (Å²) in [4.78, 5) is 13.1. The van der Waals surface area contributed by atoms with Crippen LogP contribution in [0.4, 0.5) is 5.95 Å². The van der Waals surface area contributed by atoms with Gasteiger partial charge in [0.2, 0.25) is 5.95 Å². The van der Waals surface area contributed by atoms with Gasteiger partial charge in [0.1, 0.15) is 12.4 Å². The smallest absolute Gasteiger partial charge is 0.223 e. The molecule has 2 aromatic heterocycles. The molecule has 3 heterocycles. The number of aromatic amines is 1. The summed E-state index contributed by atoms with van der Waals surface area (Å²) in [6.07, 6.45) is 3.38. The summed E-state index contributed by atoms with van der Waals surface area (Å²) in [6.45, 7) is 5.59. The van der Waals surface area contributed by atoms with E-state index < -0.39 is 0 Å². The Morgan fingerprint density at radius 1 is 1.43 bits per heavy atom. The van der Waals surface area contributed by atoms with E-state index in [1.807, 2.05) is 13.0 Å². The van der Waals surface area contributed by atoms with E-state index >= 15 is 0 Å². The average molecular weight is 288 g/mol. The van der Waals surface area contributed by atoms with Gasteiger partial charge in [-0.15, -0.1) is 0 Å². The maximum atomic E-state index is 5.75. The lowest BCUT2D eigenvalue weighted by Crippen LogP contribution is -2.20. The molecular weight excluding hydrogens is 268 g/mol. The van der Waals surface area contributed by atoms with Crippen molar-refractivity contribution in [1.29, 1.82) is 0 Å². The molecule has 0 bridgehead atoms. The van der Waals surface area contributed by atoms with Gasteiger partial charge in [-0.3, -0.25) is 5.10 Å². The summed E-state index contributed by atoms with van der Waals surface area (Å²) in [5.41, 5.74) is 2.04. The molecule has 1 fully saturated rings. The van der Waals surface area contributed by atoms with Crippen LogP contribution in [-0.2, 0) is 11.2 Å². The zero-order chi connectivity index (χ0) is 14.7. The largest absolute Gasteiger partial charge is 0.370 e. The van der Waals surface area contributed by atoms with E-state index in [4.69, 9.17) is 4.74 Å². The van der Waals surface area contributed by atoms with Gasteiger partial charge in [0, 0.05) is 30.5 Å². The van der Waals surface area contributed by atoms with Gasteiger partial charge in [-0.1, -0.05) is 6.92 Å². The maximum absolute atomic E-state index is 5.75. The molecule has 0 spiro atoms. The van der Waals surface area contributed by atoms with Crippen molar-refractivity contribution in [2.45, 2.75) is 32.8 Å². The number of hydrogen-bond acceptors (Lipinski definition) is 6. The van der Waals surface area contributed by atoms with Crippen molar-refractivity contribution in [2.24, 2.45) is 5.92 Å². The van der Waals surface area contributed by atoms with Crippen molar-refractivity contribution in [3.63, 3.8) is 0 Å². The summed E-state index contributed by atoms with van der Waals surface area (Å²) in [5.74, 6) is 1.82. The normalized spacial score (nSPS) is 21.6. The first kappa shape index (κ1) is 13.9. The molecule has 0 saturated carbocycles. The molecule has 1 aliphatic rings. The molecule has 21 heavy (non-hydrogen) atoms. The number of rotatable bonds is 5. The zero-order valence-corrected chi connectivity index (χ0v) is 12.3. The summed E-state index contributed by atoms with van der Waals surface area (Å²) in [5, 5.41) is 10.1. The third-order valence-corrected chi connectivity index (χ3v) is 3.71. The molecule has 0 amide bonds. The SMILES string of the molecule is CCc1cc(C)nc(NC[C@@H]2CCO[C@@H]2c2ncn[nH]2)n1. The minimum Gasteiger partial charge on any atom is -0.370 e. The number of nitrogens with zero attached hydrogens (tertiary/aromatic N) is 4. The Hall–Kier alpha value is -2.02. The zero-order valence-electron chi connectivity index (χ0n) is 12.3. The molecule has 2 atom stereocenters. The van der Waals surface area contributed by atoms with Crippen molar-refractivity contribution in [3.8, 4) is 0 Å². The molecule has 0 aromatic carbocycles. The van der Waals surface area contributed by atoms with E-state index in [1.54, 1.807) is 0 Å². The van der Waals surface area contributed by atoms with Gasteiger partial charge < -0.3 is 10.1 Å². The highest BCUT2D eigenvalue weighted by atomic mass is 16.5. The highest BCUT2D eigenvalue weighted by Gasteiger charge is 2.31. The predicted molar refractivity (Wildman–Crippen MR) is 77.8 cm³/mol. The number of hydrogen-bond donors (Lipinski definition) is 2. The minimum absolute atomic E-state index is 0.0320. The molecule has 0 radical (unpaired) electrons. The molecule has 112 valence electrons. The molecule has 0 unspecified atom stereocenters. The summed E-state index contributed by atoms with van der Waals surface area (Å²) in [6, 6.07) is 2.02. The van der Waals surface area contributed by atoms with Crippen molar-refractivity contribution in [1.82, 2.24) is 25.1 Å². The molecule has 1 aliphatic heterocycles. The van der Waals surface area contributed by atoms with Crippen molar-refractivity contribution in [2.75, 3.05) is 18.5 Å². The Balaban J connectivity index is 1.65. The predicted octanol–water partition coefficient (Wildman–Crippen LogP) is 1.66. The fourth-order valence-electron chi connectivity index (χ4n) is 2.61. The van der Waals surface area contributed by atoms with Crippen LogP contribution in [0.25, 0.3) is 0 Å². The number of aromatic nitrogens is 5. The Bertz CT molecular complexity index is 585. The van der Waals surface area contributed by atoms with Gasteiger partial charge >= 0.3 is 0 Å². The summed E-state index contributed by atoms with van der Waals surface area (Å²) >= 11 is 0. The monoisotopic (exact) mass is 288 g/mol. The second-order valence-electron chi connectivity index (χ2n) is 5.27. The molecule has 1 saturated heterocycles. The molecular formula is C14H20N6O. The van der Waals surface area contributed by atoms with Crippen molar-refractivity contribution in [3.05, 3.63) is 29.6 Å². The van der Waals surface area contributed by atoms with Crippen LogP contribution in [0.1, 0.15) is 36.7 Å². The number of nitrogens with one attached hydrogen (secondary N) is 2. The Labute approximate surface area is 123 Å². The standard InChI is InChI=1S/C14H20N6O/c1-3-11-6-9(2)18-14(19-11)15-7-10-4-5-21-12(10)13-16-8-17-20-13/h6,8,10,12H,3-5,7H2,1-2H3,(H,15,18,19)(H,16,17,20)/t10-,12-/m0/s1. The molecule has 7 heteroatoms. The first-order valence-corrected chi connectivity index (χ1v) is 7.31. The fraction of sp³-hybridized carbons (Fsp3) is 0.571. The van der Waals surface area contributed by atoms with Crippen LogP contribution in [0.3, 0.4) is 0 Å². The molecule has 7 nitrogen and oxygen atoms in total. The molecule has 2 N–H and O–H groups in total. The van der Waals surface area contributed by atoms with Gasteiger partial charge in [-0.25, -0.2) is 15.0 Å². The third-order valence-electron chi connectivity index (χ3n) is 3.71. The maximum Gasteiger partial charge on any atom is 0.223 e. The van der Waals surface area contributed by atoms with Gasteiger partial charge in [0.05, 0.1) is 0 Å². The highest BCUT2D eigenvalue weighted by Crippen LogP contribution is 2.32. The van der Waals surface area contributed by atoms with E-state index in [0.29, 0.717) is 11.9 Å². The van der Waals surface area contributed by atoms with Crippen LogP contribution in [0.5, 0.6) is 0 Å². The van der Waals surface area contributed by atoms with Crippen LogP contribution >= 0.6 is 0 Å². The average Bonchev–Trinajstić information content (AvgIpc) is 3.15. The highest BCUT2D eigenvalue weighted by molar-refractivity contribution is 5.28. The van der Waals surface area contributed by atoms with E-state index in [0.717, 1.165) is 43.2 Å². The second kappa shape index (κ2) is 6.17. The molecule has 2 aromatic rings. The van der Waals surface area contributed by atoms with Gasteiger partial charge in [0.15, 0.2) is 5.82 Å². The number of aryl methyl sites for hydroxylation is 2. The van der Waals surface area contributed by atoms with Crippen LogP contribution in [0.15, 0.2) is 12.4 Å². The topological polar surface area (TPSA) is 88.6 Å². The van der Waals surface area contributed by atoms with E-state index in [-0.39, 0.29) is 6.10 Å². The van der Waals surface area contributed by atoms with Crippen LogP contribution < -0.4 is 5.32 Å². The van der Waals surface area contributed by atoms with Crippen LogP contribution in [0.2, 0.25) is 0 Å². The van der Waals surface area contributed by atoms with Crippen LogP contribution in [0, 0.1) is 12.8 Å². The van der Waals surface area contributed by atoms with Gasteiger partial charge in [0.25, 0.3) is 0 Å². The number of ether oxygens (including phenoxy) is 1. The lowest BCUT2D eigenvalue weighted by Gasteiger charge is -2.17. The lowest BCUT2D eigenvalue weighted by molar-refractivity contribution is 0.0864. The van der Waals surface area contributed by atoms with E-state index in [1.165, 1.54) is 6.33 Å². The first-order valence-electron chi connectivity index (χ1n) is 7.31. The van der Waals surface area contributed by atoms with Crippen molar-refractivity contribution < 1.29 is 4.74 Å². The molecule has 3 rings (SSSR count). The Morgan fingerprint density at radius 3 is 3.10 bits per heavy atom. The summed E-state index contributed by atoms with van der Waals surface area (Å²) in [7, 11) is 0. The van der Waals surface area contributed by atoms with Gasteiger partial charge in [-0.2, -0.15) is 5.10 Å². The lowest BCUT2D eigenvalue weighted by atomic mass is 10.0. The number of H-pyrrole nitrogens is 1. The third kappa shape index (κ3) is 3.18. The van der Waals surface area contributed by atoms with E-state index in [9.17, 15) is 0 Å². The Kier molecular flexibility index (Phi) is 4.10. The Morgan fingerprint density at radius 2 is 2.33 bits per heavy atom. The first-order chi connectivity index (χ1) is 10.3. The summed E-state index contributed by atoms with van der Waals surface area (Å²) < 4.78 is 5.75. The van der Waals surface area contributed by atoms with E-state index in [2.05, 4.69) is 37.4 Å². The van der Waals surface area contributed by atoms with Crippen molar-refractivity contribution >= 4 is 5.95 Å². The molecule has 0 aliphatic carbocycles. The fourth-order valence-corrected chi connectivity index (χ4v) is 2.61. The van der Waals surface area contributed by atoms with Gasteiger partial charge in [-0.05, 0) is 25.8 Å².